The SMILES string of the molecule is O=C1CC2(O)CC(=O)OC(F)(O1)OC2=O. The molecule has 0 amide bonds. The van der Waals surface area contributed by atoms with Gasteiger partial charge in [-0.2, -0.15) is 0 Å². The number of halogens is 1. The topological polar surface area (TPSA) is 99.1 Å². The monoisotopic (exact) mass is 220 g/mol. The third-order valence-electron chi connectivity index (χ3n) is 1.94. The fraction of sp³-hybridized carbons (Fsp3) is 0.571. The van der Waals surface area contributed by atoms with Crippen molar-refractivity contribution in [3.63, 3.8) is 0 Å². The molecule has 8 heteroatoms. The first-order valence-corrected chi connectivity index (χ1v) is 3.91. The molecule has 2 aliphatic rings. The minimum Gasteiger partial charge on any atom is -0.377 e. The zero-order chi connectivity index (χ0) is 11.3. The normalized spacial score (nSPS) is 40.0. The largest absolute Gasteiger partial charge is 0.605 e. The summed E-state index contributed by atoms with van der Waals surface area (Å²) >= 11 is 0. The third-order valence-corrected chi connectivity index (χ3v) is 1.94. The lowest BCUT2D eigenvalue weighted by molar-refractivity contribution is -0.390. The molecular formula is C7H5FO7. The minimum atomic E-state index is -3.56. The molecule has 0 radical (unpaired) electrons. The van der Waals surface area contributed by atoms with Gasteiger partial charge in [0.25, 0.3) is 0 Å². The van der Waals surface area contributed by atoms with E-state index in [-0.39, 0.29) is 0 Å². The van der Waals surface area contributed by atoms with E-state index >= 15 is 0 Å². The molecule has 0 atom stereocenters. The van der Waals surface area contributed by atoms with Gasteiger partial charge in [0.05, 0.1) is 12.8 Å². The van der Waals surface area contributed by atoms with Gasteiger partial charge >= 0.3 is 24.1 Å². The highest BCUT2D eigenvalue weighted by atomic mass is 19.2. The number of rotatable bonds is 0. The number of carbonyl (C=O) groups is 3. The quantitative estimate of drug-likeness (QED) is 0.508. The molecule has 2 saturated heterocycles. The van der Waals surface area contributed by atoms with Gasteiger partial charge < -0.3 is 19.3 Å². The van der Waals surface area contributed by atoms with Crippen molar-refractivity contribution in [1.29, 1.82) is 0 Å². The second-order valence-electron chi connectivity index (χ2n) is 3.20. The summed E-state index contributed by atoms with van der Waals surface area (Å²) in [5.41, 5.74) is -2.42. The van der Waals surface area contributed by atoms with E-state index < -0.39 is 42.6 Å². The Hall–Kier alpha value is -1.70. The van der Waals surface area contributed by atoms with Crippen LogP contribution in [0.5, 0.6) is 0 Å². The van der Waals surface area contributed by atoms with Gasteiger partial charge in [-0.3, -0.25) is 9.59 Å². The molecule has 0 spiro atoms. The van der Waals surface area contributed by atoms with Gasteiger partial charge in [0.2, 0.25) is 0 Å². The van der Waals surface area contributed by atoms with Crippen LogP contribution in [0.1, 0.15) is 12.8 Å². The number of ether oxygens (including phenoxy) is 3. The maximum Gasteiger partial charge on any atom is 0.605 e. The molecule has 0 aromatic heterocycles. The maximum atomic E-state index is 13.3. The van der Waals surface area contributed by atoms with Gasteiger partial charge in [-0.15, -0.1) is 4.39 Å². The predicted molar refractivity (Wildman–Crippen MR) is 36.3 cm³/mol. The summed E-state index contributed by atoms with van der Waals surface area (Å²) in [6, 6.07) is 0. The zero-order valence-electron chi connectivity index (χ0n) is 7.19. The van der Waals surface area contributed by atoms with Crippen molar-refractivity contribution in [3.05, 3.63) is 0 Å². The van der Waals surface area contributed by atoms with Crippen LogP contribution in [0.2, 0.25) is 0 Å². The van der Waals surface area contributed by atoms with Crippen LogP contribution >= 0.6 is 0 Å². The van der Waals surface area contributed by atoms with E-state index in [1.165, 1.54) is 0 Å². The van der Waals surface area contributed by atoms with E-state index in [1.54, 1.807) is 0 Å². The number of alkyl halides is 1. The average Bonchev–Trinajstić information content (AvgIpc) is 2.09. The number of hydrogen-bond acceptors (Lipinski definition) is 7. The summed E-state index contributed by atoms with van der Waals surface area (Å²) in [5, 5.41) is 9.56. The molecule has 0 aromatic rings. The van der Waals surface area contributed by atoms with E-state index in [0.717, 1.165) is 0 Å². The van der Waals surface area contributed by atoms with Crippen LogP contribution in [-0.4, -0.2) is 34.8 Å². The number of aliphatic hydroxyl groups is 1. The Morgan fingerprint density at radius 1 is 1.07 bits per heavy atom. The molecule has 2 aliphatic heterocycles. The minimum absolute atomic E-state index is 0.855. The Balaban J connectivity index is 2.47. The highest BCUT2D eigenvalue weighted by Gasteiger charge is 2.59. The molecule has 2 heterocycles. The number of carbonyl (C=O) groups excluding carboxylic acids is 3. The standard InChI is InChI=1S/C7H5FO7/c8-7-13-3(9)1-6(12,5(11)15-7)2-4(10)14-7/h12H,1-2H2. The van der Waals surface area contributed by atoms with Gasteiger partial charge in [-0.05, 0) is 0 Å². The van der Waals surface area contributed by atoms with Gasteiger partial charge in [0.15, 0.2) is 5.60 Å². The van der Waals surface area contributed by atoms with Crippen molar-refractivity contribution < 1.29 is 38.1 Å². The molecule has 7 nitrogen and oxygen atoms in total. The predicted octanol–water partition coefficient (Wildman–Crippen LogP) is -1.26. The molecule has 0 aromatic carbocycles. The van der Waals surface area contributed by atoms with Crippen LogP contribution in [0.3, 0.4) is 0 Å². The summed E-state index contributed by atoms with van der Waals surface area (Å²) in [5.74, 6) is -3.95. The lowest BCUT2D eigenvalue weighted by Gasteiger charge is -2.19. The number of fused-ring (bicyclic) bond motifs is 3. The van der Waals surface area contributed by atoms with Crippen LogP contribution in [-0.2, 0) is 28.6 Å². The third kappa shape index (κ3) is 1.52. The van der Waals surface area contributed by atoms with Crippen molar-refractivity contribution in [3.8, 4) is 0 Å². The first-order valence-electron chi connectivity index (χ1n) is 3.91. The van der Waals surface area contributed by atoms with Crippen molar-refractivity contribution in [1.82, 2.24) is 0 Å². The molecule has 2 rings (SSSR count). The van der Waals surface area contributed by atoms with Crippen LogP contribution < -0.4 is 0 Å². The Morgan fingerprint density at radius 3 is 2.00 bits per heavy atom. The first-order chi connectivity index (χ1) is 6.83. The van der Waals surface area contributed by atoms with Crippen molar-refractivity contribution in [2.24, 2.45) is 0 Å². The summed E-state index contributed by atoms with van der Waals surface area (Å²) in [7, 11) is 0. The van der Waals surface area contributed by atoms with E-state index in [1.807, 2.05) is 0 Å². The average molecular weight is 220 g/mol. The van der Waals surface area contributed by atoms with Crippen LogP contribution in [0.4, 0.5) is 4.39 Å². The van der Waals surface area contributed by atoms with Crippen molar-refractivity contribution in [2.75, 3.05) is 0 Å². The van der Waals surface area contributed by atoms with Gasteiger partial charge in [-0.25, -0.2) is 4.79 Å². The summed E-state index contributed by atoms with van der Waals surface area (Å²) in [4.78, 5) is 33.0. The number of hydrogen-bond donors (Lipinski definition) is 1. The van der Waals surface area contributed by atoms with E-state index in [2.05, 4.69) is 14.2 Å². The molecule has 2 fully saturated rings. The van der Waals surface area contributed by atoms with Crippen LogP contribution in [0.15, 0.2) is 0 Å². The first kappa shape index (κ1) is 9.84. The Bertz CT molecular complexity index is 342. The fourth-order valence-corrected chi connectivity index (χ4v) is 1.30. The number of esters is 3. The summed E-state index contributed by atoms with van der Waals surface area (Å²) in [6.07, 6.45) is -5.27. The zero-order valence-corrected chi connectivity index (χ0v) is 7.19. The second-order valence-corrected chi connectivity index (χ2v) is 3.20. The molecule has 0 aliphatic carbocycles. The van der Waals surface area contributed by atoms with E-state index in [4.69, 9.17) is 0 Å². The fourth-order valence-electron chi connectivity index (χ4n) is 1.30. The summed E-state index contributed by atoms with van der Waals surface area (Å²) in [6.45, 7) is 0. The molecular weight excluding hydrogens is 215 g/mol. The van der Waals surface area contributed by atoms with Gasteiger partial charge in [0, 0.05) is 0 Å². The molecule has 0 unspecified atom stereocenters. The Labute approximate surface area is 81.7 Å². The van der Waals surface area contributed by atoms with Gasteiger partial charge in [0.1, 0.15) is 0 Å². The lowest BCUT2D eigenvalue weighted by atomic mass is 9.96. The van der Waals surface area contributed by atoms with Crippen molar-refractivity contribution in [2.45, 2.75) is 24.7 Å². The maximum absolute atomic E-state index is 13.3. The molecule has 0 saturated carbocycles. The Morgan fingerprint density at radius 2 is 1.53 bits per heavy atom. The molecule has 1 N–H and O–H groups in total. The molecule has 82 valence electrons. The lowest BCUT2D eigenvalue weighted by Crippen LogP contribution is -2.41. The van der Waals surface area contributed by atoms with Crippen LogP contribution in [0.25, 0.3) is 0 Å². The van der Waals surface area contributed by atoms with E-state index in [9.17, 15) is 23.9 Å². The highest BCUT2D eigenvalue weighted by molar-refractivity contribution is 5.92. The smallest absolute Gasteiger partial charge is 0.377 e. The van der Waals surface area contributed by atoms with Gasteiger partial charge in [-0.1, -0.05) is 0 Å². The molecule has 15 heavy (non-hydrogen) atoms. The van der Waals surface area contributed by atoms with Crippen molar-refractivity contribution >= 4 is 17.9 Å². The second kappa shape index (κ2) is 2.66. The molecule has 2 bridgehead atoms. The van der Waals surface area contributed by atoms with E-state index in [0.29, 0.717) is 0 Å². The highest BCUT2D eigenvalue weighted by Crippen LogP contribution is 2.34. The Kier molecular flexibility index (Phi) is 1.74. The van der Waals surface area contributed by atoms with Crippen LogP contribution in [0, 0.1) is 0 Å². The summed E-state index contributed by atoms with van der Waals surface area (Å²) < 4.78 is 25.1.